The Morgan fingerprint density at radius 3 is 2.03 bits per heavy atom. The highest BCUT2D eigenvalue weighted by Gasteiger charge is 2.52. The first-order valence-corrected chi connectivity index (χ1v) is 15.1. The van der Waals surface area contributed by atoms with Gasteiger partial charge in [0.2, 0.25) is 11.4 Å². The molecule has 0 aliphatic carbocycles. The summed E-state index contributed by atoms with van der Waals surface area (Å²) in [6.45, 7) is 1.30. The molecule has 4 aromatic carbocycles. The molecule has 0 saturated carbocycles. The van der Waals surface area contributed by atoms with Crippen molar-refractivity contribution in [2.24, 2.45) is 0 Å². The highest BCUT2D eigenvalue weighted by atomic mass is 79.9. The number of rotatable bonds is 9. The van der Waals surface area contributed by atoms with E-state index in [2.05, 4.69) is 15.9 Å². The predicted octanol–water partition coefficient (Wildman–Crippen LogP) is 5.45. The lowest BCUT2D eigenvalue weighted by Crippen LogP contribution is -2.50. The van der Waals surface area contributed by atoms with Crippen LogP contribution in [0.5, 0.6) is 0 Å². The molecular weight excluding hydrogens is 580 g/mol. The molecule has 0 bridgehead atoms. The van der Waals surface area contributed by atoms with E-state index in [1.54, 1.807) is 48.5 Å². The quantitative estimate of drug-likeness (QED) is 0.185. The van der Waals surface area contributed by atoms with Crippen molar-refractivity contribution in [3.8, 4) is 0 Å². The molecule has 7 nitrogen and oxygen atoms in total. The third-order valence-electron chi connectivity index (χ3n) is 5.78. The molecule has 4 rings (SSSR count). The molecule has 0 aliphatic heterocycles. The fourth-order valence-corrected chi connectivity index (χ4v) is 6.26. The molecule has 0 saturated heterocycles. The van der Waals surface area contributed by atoms with Crippen molar-refractivity contribution in [3.05, 3.63) is 113 Å². The average Bonchev–Trinajstić information content (AvgIpc) is 2.86. The van der Waals surface area contributed by atoms with Gasteiger partial charge >= 0.3 is 0 Å². The average molecular weight is 604 g/mol. The Labute approximate surface area is 224 Å². The lowest BCUT2D eigenvalue weighted by atomic mass is 9.82. The van der Waals surface area contributed by atoms with Crippen molar-refractivity contribution in [1.29, 1.82) is 0 Å². The monoisotopic (exact) mass is 602 g/mol. The Morgan fingerprint density at radius 1 is 0.811 bits per heavy atom. The molecule has 0 N–H and O–H groups in total. The minimum atomic E-state index is -4.45. The third kappa shape index (κ3) is 5.83. The number of halogens is 1. The zero-order chi connectivity index (χ0) is 26.8. The number of carbonyl (C=O) groups is 1. The smallest absolute Gasteiger partial charge is 0.290 e. The van der Waals surface area contributed by atoms with E-state index in [1.165, 1.54) is 43.3 Å². The number of hydrogen-bond donors (Lipinski definition) is 0. The second-order valence-corrected chi connectivity index (χ2v) is 12.5. The van der Waals surface area contributed by atoms with Gasteiger partial charge in [-0.25, -0.2) is 4.18 Å². The van der Waals surface area contributed by atoms with E-state index in [1.807, 2.05) is 12.1 Å². The highest BCUT2D eigenvalue weighted by Crippen LogP contribution is 2.38. The van der Waals surface area contributed by atoms with Gasteiger partial charge < -0.3 is 0 Å². The summed E-state index contributed by atoms with van der Waals surface area (Å²) in [5.41, 5.74) is -2.11. The molecule has 0 amide bonds. The van der Waals surface area contributed by atoms with Crippen molar-refractivity contribution in [3.63, 3.8) is 0 Å². The summed E-state index contributed by atoms with van der Waals surface area (Å²) in [4.78, 5) is 13.9. The van der Waals surface area contributed by atoms with Gasteiger partial charge in [-0.2, -0.15) is 16.8 Å². The lowest BCUT2D eigenvalue weighted by molar-refractivity contribution is -0.0119. The fourth-order valence-electron chi connectivity index (χ4n) is 4.08. The molecule has 10 heteroatoms. The molecule has 0 spiro atoms. The van der Waals surface area contributed by atoms with E-state index in [-0.39, 0.29) is 16.0 Å². The van der Waals surface area contributed by atoms with Crippen LogP contribution in [0.25, 0.3) is 10.8 Å². The summed E-state index contributed by atoms with van der Waals surface area (Å²) in [6.07, 6.45) is -0.790. The van der Waals surface area contributed by atoms with Crippen LogP contribution in [0.3, 0.4) is 0 Å². The minimum Gasteiger partial charge on any atom is -0.290 e. The van der Waals surface area contributed by atoms with Gasteiger partial charge in [0, 0.05) is 10.0 Å². The van der Waals surface area contributed by atoms with Gasteiger partial charge in [0.15, 0.2) is 0 Å². The summed E-state index contributed by atoms with van der Waals surface area (Å²) in [7, 11) is -8.74. The minimum absolute atomic E-state index is 0.106. The van der Waals surface area contributed by atoms with Gasteiger partial charge in [0.05, 0.1) is 11.2 Å². The van der Waals surface area contributed by atoms with E-state index >= 15 is 0 Å². The molecule has 0 aromatic heterocycles. The first kappa shape index (κ1) is 27.2. The number of carbonyl (C=O) groups excluding carboxylic acids is 1. The number of fused-ring (bicyclic) bond motifs is 1. The maximum atomic E-state index is 14.0. The van der Waals surface area contributed by atoms with Crippen LogP contribution in [-0.2, 0) is 34.2 Å². The molecule has 0 aliphatic rings. The molecule has 192 valence electrons. The van der Waals surface area contributed by atoms with Crippen LogP contribution in [0.2, 0.25) is 0 Å². The van der Waals surface area contributed by atoms with Gasteiger partial charge in [0.25, 0.3) is 20.2 Å². The number of Topliss-reactive ketones (excluding diaryl/α,β-unsaturated/α-hetero) is 1. The lowest BCUT2D eigenvalue weighted by Gasteiger charge is -2.36. The number of ketones is 1. The first-order chi connectivity index (χ1) is 17.4. The normalized spacial score (nSPS) is 14.7. The molecule has 4 aromatic rings. The standard InChI is InChI=1S/C27H23BrO7S2/c1-19(34-37(32,33)25-17-14-20-8-6-7-9-22(20)18-25)27(35-36(2,30)31,23-10-4-3-5-11-23)26(29)21-12-15-24(28)16-13-21/h3-19H,1-2H3. The molecule has 0 radical (unpaired) electrons. The Balaban J connectivity index is 1.86. The Morgan fingerprint density at radius 2 is 1.41 bits per heavy atom. The Hall–Kier alpha value is -2.89. The fraction of sp³-hybridized carbons (Fsp3) is 0.148. The van der Waals surface area contributed by atoms with Crippen LogP contribution >= 0.6 is 15.9 Å². The highest BCUT2D eigenvalue weighted by molar-refractivity contribution is 9.10. The number of benzene rings is 4. The van der Waals surface area contributed by atoms with E-state index in [0.29, 0.717) is 9.86 Å². The van der Waals surface area contributed by atoms with Crippen LogP contribution in [0.15, 0.2) is 106 Å². The Bertz CT molecular complexity index is 1650. The molecule has 0 fully saturated rings. The van der Waals surface area contributed by atoms with Crippen LogP contribution in [0, 0.1) is 0 Å². The molecule has 2 unspecified atom stereocenters. The maximum Gasteiger partial charge on any atom is 0.297 e. The maximum absolute atomic E-state index is 14.0. The summed E-state index contributed by atoms with van der Waals surface area (Å²) in [5.74, 6) is -0.780. The van der Waals surface area contributed by atoms with Crippen LogP contribution in [0.4, 0.5) is 0 Å². The van der Waals surface area contributed by atoms with Crippen molar-refractivity contribution in [2.45, 2.75) is 23.5 Å². The van der Waals surface area contributed by atoms with Gasteiger partial charge in [-0.05, 0) is 47.5 Å². The first-order valence-electron chi connectivity index (χ1n) is 11.1. The predicted molar refractivity (Wildman–Crippen MR) is 144 cm³/mol. The molecule has 37 heavy (non-hydrogen) atoms. The zero-order valence-electron chi connectivity index (χ0n) is 19.9. The summed E-state index contributed by atoms with van der Waals surface area (Å²) < 4.78 is 63.5. The summed E-state index contributed by atoms with van der Waals surface area (Å²) in [5, 5.41) is 1.51. The second kappa shape index (κ2) is 10.5. The van der Waals surface area contributed by atoms with Crippen LogP contribution in [-0.4, -0.2) is 35.0 Å². The van der Waals surface area contributed by atoms with Crippen LogP contribution < -0.4 is 0 Å². The van der Waals surface area contributed by atoms with Crippen molar-refractivity contribution < 1.29 is 30.0 Å². The third-order valence-corrected chi connectivity index (χ3v) is 8.25. The summed E-state index contributed by atoms with van der Waals surface area (Å²) in [6, 6.07) is 25.7. The SMILES string of the molecule is CC(OS(=O)(=O)c1ccc2ccccc2c1)C(OS(C)(=O)=O)(C(=O)c1ccc(Br)cc1)c1ccccc1. The zero-order valence-corrected chi connectivity index (χ0v) is 23.1. The topological polar surface area (TPSA) is 104 Å². The number of hydrogen-bond acceptors (Lipinski definition) is 7. The van der Waals surface area contributed by atoms with Gasteiger partial charge in [-0.1, -0.05) is 88.7 Å². The van der Waals surface area contributed by atoms with Crippen molar-refractivity contribution in [1.82, 2.24) is 0 Å². The second-order valence-electron chi connectivity index (χ2n) is 8.43. The van der Waals surface area contributed by atoms with Crippen LogP contribution in [0.1, 0.15) is 22.8 Å². The molecule has 2 atom stereocenters. The van der Waals surface area contributed by atoms with E-state index in [4.69, 9.17) is 8.37 Å². The van der Waals surface area contributed by atoms with E-state index < -0.39 is 37.7 Å². The van der Waals surface area contributed by atoms with Gasteiger partial charge in [0.1, 0.15) is 6.10 Å². The largest absolute Gasteiger partial charge is 0.297 e. The molecule has 0 heterocycles. The van der Waals surface area contributed by atoms with Gasteiger partial charge in [-0.3, -0.25) is 8.98 Å². The summed E-state index contributed by atoms with van der Waals surface area (Å²) >= 11 is 3.31. The van der Waals surface area contributed by atoms with E-state index in [9.17, 15) is 21.6 Å². The van der Waals surface area contributed by atoms with Crippen molar-refractivity contribution >= 4 is 52.7 Å². The molecular formula is C27H23BrO7S2. The van der Waals surface area contributed by atoms with Crippen molar-refractivity contribution in [2.75, 3.05) is 6.26 Å². The van der Waals surface area contributed by atoms with E-state index in [0.717, 1.165) is 11.6 Å². The van der Waals surface area contributed by atoms with Gasteiger partial charge in [-0.15, -0.1) is 0 Å². The Kier molecular flexibility index (Phi) is 7.68.